The van der Waals surface area contributed by atoms with Crippen molar-refractivity contribution in [1.82, 2.24) is 4.98 Å². The summed E-state index contributed by atoms with van der Waals surface area (Å²) in [6.07, 6.45) is 2.30. The van der Waals surface area contributed by atoms with Gasteiger partial charge in [-0.25, -0.2) is 4.98 Å². The maximum atomic E-state index is 12.1. The molecule has 1 heterocycles. The highest BCUT2D eigenvalue weighted by Gasteiger charge is 2.11. The minimum Gasteiger partial charge on any atom is -0.497 e. The molecule has 0 aliphatic heterocycles. The molecule has 0 aliphatic carbocycles. The molecule has 3 rings (SSSR count). The highest BCUT2D eigenvalue weighted by Crippen LogP contribution is 2.29. The fourth-order valence-electron chi connectivity index (χ4n) is 2.31. The molecule has 0 bridgehead atoms. The average molecular weight is 423 g/mol. The number of nitrogens with one attached hydrogen (secondary N) is 1. The lowest BCUT2D eigenvalue weighted by Gasteiger charge is -2.07. The zero-order valence-electron chi connectivity index (χ0n) is 14.4. The van der Waals surface area contributed by atoms with Crippen LogP contribution >= 0.6 is 34.5 Å². The van der Waals surface area contributed by atoms with E-state index in [0.717, 1.165) is 10.4 Å². The van der Waals surface area contributed by atoms with Crippen LogP contribution in [0.15, 0.2) is 48.7 Å². The smallest absolute Gasteiger partial charge is 0.264 e. The SMILES string of the molecule is COc1cccc(OCC(=O)Nc2ncc(Cc3cccc(Cl)c3Cl)s2)c1. The van der Waals surface area contributed by atoms with E-state index in [-0.39, 0.29) is 12.5 Å². The van der Waals surface area contributed by atoms with Gasteiger partial charge in [0.1, 0.15) is 11.5 Å². The zero-order chi connectivity index (χ0) is 19.2. The lowest BCUT2D eigenvalue weighted by atomic mass is 10.1. The fraction of sp³-hybridized carbons (Fsp3) is 0.158. The molecule has 0 saturated heterocycles. The first-order valence-corrected chi connectivity index (χ1v) is 9.56. The van der Waals surface area contributed by atoms with E-state index in [1.807, 2.05) is 12.1 Å². The molecule has 1 aromatic heterocycles. The van der Waals surface area contributed by atoms with Crippen LogP contribution in [0.2, 0.25) is 10.0 Å². The van der Waals surface area contributed by atoms with E-state index in [1.165, 1.54) is 11.3 Å². The number of ether oxygens (including phenoxy) is 2. The summed E-state index contributed by atoms with van der Waals surface area (Å²) in [5.74, 6) is 0.927. The number of rotatable bonds is 7. The van der Waals surface area contributed by atoms with Gasteiger partial charge in [-0.1, -0.05) is 41.4 Å². The Morgan fingerprint density at radius 2 is 1.96 bits per heavy atom. The number of hydrogen-bond donors (Lipinski definition) is 1. The van der Waals surface area contributed by atoms with Gasteiger partial charge in [0.05, 0.1) is 17.2 Å². The monoisotopic (exact) mass is 422 g/mol. The van der Waals surface area contributed by atoms with E-state index in [1.54, 1.807) is 43.6 Å². The van der Waals surface area contributed by atoms with Crippen LogP contribution in [0.3, 0.4) is 0 Å². The van der Waals surface area contributed by atoms with E-state index in [4.69, 9.17) is 32.7 Å². The molecule has 0 unspecified atom stereocenters. The van der Waals surface area contributed by atoms with Gasteiger partial charge in [0.15, 0.2) is 11.7 Å². The zero-order valence-corrected chi connectivity index (χ0v) is 16.7. The maximum Gasteiger partial charge on any atom is 0.264 e. The second-order valence-electron chi connectivity index (χ2n) is 5.54. The molecule has 0 spiro atoms. The number of carbonyl (C=O) groups is 1. The molecule has 0 saturated carbocycles. The van der Waals surface area contributed by atoms with Crippen LogP contribution in [-0.4, -0.2) is 24.6 Å². The van der Waals surface area contributed by atoms with E-state index in [9.17, 15) is 4.79 Å². The second kappa shape index (κ2) is 9.08. The van der Waals surface area contributed by atoms with Gasteiger partial charge in [-0.05, 0) is 23.8 Å². The number of benzene rings is 2. The molecule has 8 heteroatoms. The Bertz CT molecular complexity index is 946. The molecule has 0 radical (unpaired) electrons. The van der Waals surface area contributed by atoms with Crippen LogP contribution in [0.1, 0.15) is 10.4 Å². The third-order valence-electron chi connectivity index (χ3n) is 3.61. The predicted octanol–water partition coefficient (Wildman–Crippen LogP) is 5.07. The number of amides is 1. The molecular formula is C19H16Cl2N2O3S. The van der Waals surface area contributed by atoms with Crippen LogP contribution in [0.4, 0.5) is 5.13 Å². The normalized spacial score (nSPS) is 10.5. The lowest BCUT2D eigenvalue weighted by molar-refractivity contribution is -0.118. The summed E-state index contributed by atoms with van der Waals surface area (Å²) in [4.78, 5) is 17.3. The summed E-state index contributed by atoms with van der Waals surface area (Å²) < 4.78 is 10.6. The Morgan fingerprint density at radius 3 is 2.78 bits per heavy atom. The first kappa shape index (κ1) is 19.5. The molecule has 27 heavy (non-hydrogen) atoms. The number of nitrogens with zero attached hydrogens (tertiary/aromatic N) is 1. The summed E-state index contributed by atoms with van der Waals surface area (Å²) in [7, 11) is 1.57. The van der Waals surface area contributed by atoms with Gasteiger partial charge in [-0.2, -0.15) is 0 Å². The van der Waals surface area contributed by atoms with Crippen LogP contribution in [0.5, 0.6) is 11.5 Å². The first-order valence-electron chi connectivity index (χ1n) is 7.99. The Hall–Kier alpha value is -2.28. The number of methoxy groups -OCH3 is 1. The predicted molar refractivity (Wildman–Crippen MR) is 109 cm³/mol. The number of thiazole rings is 1. The van der Waals surface area contributed by atoms with Gasteiger partial charge in [0.2, 0.25) is 0 Å². The van der Waals surface area contributed by atoms with Crippen molar-refractivity contribution in [2.45, 2.75) is 6.42 Å². The molecule has 140 valence electrons. The van der Waals surface area contributed by atoms with Crippen LogP contribution < -0.4 is 14.8 Å². The van der Waals surface area contributed by atoms with Crippen LogP contribution in [-0.2, 0) is 11.2 Å². The van der Waals surface area contributed by atoms with Crippen molar-refractivity contribution in [3.63, 3.8) is 0 Å². The molecule has 3 aromatic rings. The van der Waals surface area contributed by atoms with Crippen molar-refractivity contribution in [2.75, 3.05) is 19.0 Å². The second-order valence-corrected chi connectivity index (χ2v) is 7.44. The van der Waals surface area contributed by atoms with Crippen molar-refractivity contribution >= 4 is 45.6 Å². The first-order chi connectivity index (χ1) is 13.0. The summed E-state index contributed by atoms with van der Waals surface area (Å²) in [5.41, 5.74) is 0.909. The summed E-state index contributed by atoms with van der Waals surface area (Å²) in [6, 6.07) is 12.6. The molecular weight excluding hydrogens is 407 g/mol. The van der Waals surface area contributed by atoms with Gasteiger partial charge >= 0.3 is 0 Å². The number of anilines is 1. The van der Waals surface area contributed by atoms with Gasteiger partial charge in [-0.3, -0.25) is 10.1 Å². The average Bonchev–Trinajstić information content (AvgIpc) is 3.11. The maximum absolute atomic E-state index is 12.1. The van der Waals surface area contributed by atoms with Gasteiger partial charge in [-0.15, -0.1) is 11.3 Å². The lowest BCUT2D eigenvalue weighted by Crippen LogP contribution is -2.19. The Kier molecular flexibility index (Phi) is 6.55. The molecule has 5 nitrogen and oxygen atoms in total. The van der Waals surface area contributed by atoms with Crippen molar-refractivity contribution < 1.29 is 14.3 Å². The highest BCUT2D eigenvalue weighted by atomic mass is 35.5. The van der Waals surface area contributed by atoms with E-state index in [0.29, 0.717) is 33.1 Å². The highest BCUT2D eigenvalue weighted by molar-refractivity contribution is 7.15. The minimum absolute atomic E-state index is 0.123. The topological polar surface area (TPSA) is 60.5 Å². The van der Waals surface area contributed by atoms with Crippen molar-refractivity contribution in [3.8, 4) is 11.5 Å². The number of hydrogen-bond acceptors (Lipinski definition) is 5. The minimum atomic E-state index is -0.292. The van der Waals surface area contributed by atoms with Gasteiger partial charge in [0, 0.05) is 23.6 Å². The molecule has 1 amide bonds. The Balaban J connectivity index is 1.55. The fourth-order valence-corrected chi connectivity index (χ4v) is 3.55. The quantitative estimate of drug-likeness (QED) is 0.577. The standard InChI is InChI=1S/C19H16Cl2N2O3S/c1-25-13-5-3-6-14(9-13)26-11-17(24)23-19-22-10-15(27-19)8-12-4-2-7-16(20)18(12)21/h2-7,9-10H,8,11H2,1H3,(H,22,23,24). The molecule has 0 fully saturated rings. The summed E-state index contributed by atoms with van der Waals surface area (Å²) in [6.45, 7) is -0.123. The number of aromatic nitrogens is 1. The van der Waals surface area contributed by atoms with E-state index in [2.05, 4.69) is 10.3 Å². The van der Waals surface area contributed by atoms with Crippen molar-refractivity contribution in [3.05, 3.63) is 69.1 Å². The van der Waals surface area contributed by atoms with Crippen LogP contribution in [0.25, 0.3) is 0 Å². The number of halogens is 2. The third kappa shape index (κ3) is 5.35. The largest absolute Gasteiger partial charge is 0.497 e. The van der Waals surface area contributed by atoms with Crippen molar-refractivity contribution in [2.24, 2.45) is 0 Å². The third-order valence-corrected chi connectivity index (χ3v) is 5.38. The Labute approximate surface area is 170 Å². The Morgan fingerprint density at radius 1 is 1.19 bits per heavy atom. The molecule has 2 aromatic carbocycles. The summed E-state index contributed by atoms with van der Waals surface area (Å²) >= 11 is 13.6. The van der Waals surface area contributed by atoms with Crippen molar-refractivity contribution in [1.29, 1.82) is 0 Å². The molecule has 0 aliphatic rings. The van der Waals surface area contributed by atoms with E-state index < -0.39 is 0 Å². The van der Waals surface area contributed by atoms with E-state index >= 15 is 0 Å². The summed E-state index contributed by atoms with van der Waals surface area (Å²) in [5, 5.41) is 4.28. The van der Waals surface area contributed by atoms with Gasteiger partial charge < -0.3 is 9.47 Å². The van der Waals surface area contributed by atoms with Crippen LogP contribution in [0, 0.1) is 0 Å². The van der Waals surface area contributed by atoms with Gasteiger partial charge in [0.25, 0.3) is 5.91 Å². The molecule has 0 atom stereocenters. The molecule has 1 N–H and O–H groups in total. The number of carbonyl (C=O) groups excluding carboxylic acids is 1.